The van der Waals surface area contributed by atoms with Crippen LogP contribution in [0.5, 0.6) is 0 Å². The van der Waals surface area contributed by atoms with Crippen molar-refractivity contribution in [1.82, 2.24) is 15.3 Å². The molecule has 1 aliphatic heterocycles. The quantitative estimate of drug-likeness (QED) is 0.497. The molecule has 5 nitrogen and oxygen atoms in total. The number of piperidine rings is 1. The van der Waals surface area contributed by atoms with Gasteiger partial charge in [-0.3, -0.25) is 4.79 Å². The summed E-state index contributed by atoms with van der Waals surface area (Å²) in [5, 5.41) is 7.28. The van der Waals surface area contributed by atoms with Crippen molar-refractivity contribution in [3.63, 3.8) is 0 Å². The Labute approximate surface area is 188 Å². The van der Waals surface area contributed by atoms with E-state index in [0.717, 1.165) is 39.4 Å². The molecule has 2 N–H and O–H groups in total. The molecule has 1 aromatic carbocycles. The van der Waals surface area contributed by atoms with Crippen LogP contribution in [0.25, 0.3) is 21.0 Å². The molecule has 3 aromatic rings. The minimum atomic E-state index is 0.0671. The number of nitrogens with zero attached hydrogens (tertiary/aromatic N) is 2. The molecule has 1 fully saturated rings. The van der Waals surface area contributed by atoms with E-state index in [0.29, 0.717) is 12.0 Å². The van der Waals surface area contributed by atoms with E-state index in [1.165, 1.54) is 0 Å². The topological polar surface area (TPSA) is 66.9 Å². The summed E-state index contributed by atoms with van der Waals surface area (Å²) in [7, 11) is 0. The minimum absolute atomic E-state index is 0.0671. The van der Waals surface area contributed by atoms with Crippen LogP contribution < -0.4 is 10.6 Å². The van der Waals surface area contributed by atoms with Gasteiger partial charge < -0.3 is 10.6 Å². The highest BCUT2D eigenvalue weighted by atomic mass is 32.1. The van der Waals surface area contributed by atoms with Gasteiger partial charge in [0.2, 0.25) is 5.95 Å². The van der Waals surface area contributed by atoms with Crippen LogP contribution in [-0.4, -0.2) is 32.9 Å². The van der Waals surface area contributed by atoms with Gasteiger partial charge in [0.1, 0.15) is 0 Å². The molecule has 0 amide bonds. The Hall–Kier alpha value is -2.57. The number of anilines is 1. The lowest BCUT2D eigenvalue weighted by atomic mass is 9.80. The van der Waals surface area contributed by atoms with Crippen LogP contribution in [0.2, 0.25) is 0 Å². The molecule has 0 radical (unpaired) electrons. The highest BCUT2D eigenvalue weighted by Crippen LogP contribution is 2.34. The molecule has 0 bridgehead atoms. The van der Waals surface area contributed by atoms with Crippen molar-refractivity contribution in [3.8, 4) is 21.0 Å². The lowest BCUT2D eigenvalue weighted by Gasteiger charge is -2.46. The summed E-state index contributed by atoms with van der Waals surface area (Å²) in [6.07, 6.45) is 3.86. The number of hydrogen-bond acceptors (Lipinski definition) is 6. The standard InChI is InChI=1S/C25H30N4OS/c1-16(30)17-6-8-18(9-7-17)21-10-11-22(31-21)20-12-13-26-23(28-20)27-19-14-24(2,3)29-25(4,5)15-19/h6-13,19,29H,14-15H2,1-5H3,(H,26,27,28). The molecule has 0 saturated carbocycles. The lowest BCUT2D eigenvalue weighted by molar-refractivity contribution is 0.101. The number of nitrogens with one attached hydrogen (secondary N) is 2. The maximum absolute atomic E-state index is 11.5. The number of ketones is 1. The summed E-state index contributed by atoms with van der Waals surface area (Å²) in [5.41, 5.74) is 2.89. The summed E-state index contributed by atoms with van der Waals surface area (Å²) in [6, 6.07) is 14.2. The van der Waals surface area contributed by atoms with Crippen molar-refractivity contribution in [1.29, 1.82) is 0 Å². The van der Waals surface area contributed by atoms with E-state index in [9.17, 15) is 4.79 Å². The number of hydrogen-bond donors (Lipinski definition) is 2. The molecule has 0 unspecified atom stereocenters. The number of carbonyl (C=O) groups is 1. The fourth-order valence-electron chi connectivity index (χ4n) is 4.67. The fraction of sp³-hybridized carbons (Fsp3) is 0.400. The van der Waals surface area contributed by atoms with Gasteiger partial charge in [0.05, 0.1) is 10.6 Å². The molecule has 31 heavy (non-hydrogen) atoms. The van der Waals surface area contributed by atoms with Crippen molar-refractivity contribution in [2.24, 2.45) is 0 Å². The second-order valence-electron chi connectivity index (χ2n) is 9.71. The second-order valence-corrected chi connectivity index (χ2v) is 10.8. The molecule has 0 atom stereocenters. The third-order valence-electron chi connectivity index (χ3n) is 5.61. The zero-order chi connectivity index (χ0) is 22.2. The fourth-order valence-corrected chi connectivity index (χ4v) is 5.65. The molecular weight excluding hydrogens is 404 g/mol. The number of thiophene rings is 1. The van der Waals surface area contributed by atoms with Crippen molar-refractivity contribution in [3.05, 3.63) is 54.2 Å². The molecule has 0 spiro atoms. The highest BCUT2D eigenvalue weighted by Gasteiger charge is 2.37. The minimum Gasteiger partial charge on any atom is -0.351 e. The number of aromatic nitrogens is 2. The number of Topliss-reactive ketones (excluding diaryl/α,β-unsaturated/α-hetero) is 1. The highest BCUT2D eigenvalue weighted by molar-refractivity contribution is 7.18. The summed E-state index contributed by atoms with van der Waals surface area (Å²) < 4.78 is 0. The summed E-state index contributed by atoms with van der Waals surface area (Å²) in [6.45, 7) is 10.6. The van der Waals surface area contributed by atoms with Gasteiger partial charge in [0.15, 0.2) is 5.78 Å². The van der Waals surface area contributed by atoms with Gasteiger partial charge in [0.25, 0.3) is 0 Å². The van der Waals surface area contributed by atoms with Crippen molar-refractivity contribution in [2.75, 3.05) is 5.32 Å². The summed E-state index contributed by atoms with van der Waals surface area (Å²) in [5.74, 6) is 0.761. The summed E-state index contributed by atoms with van der Waals surface area (Å²) in [4.78, 5) is 23.0. The summed E-state index contributed by atoms with van der Waals surface area (Å²) >= 11 is 1.69. The predicted molar refractivity (Wildman–Crippen MR) is 129 cm³/mol. The van der Waals surface area contributed by atoms with E-state index in [2.05, 4.69) is 55.4 Å². The first-order chi connectivity index (χ1) is 14.6. The third kappa shape index (κ3) is 5.20. The Morgan fingerprint density at radius 1 is 1.00 bits per heavy atom. The monoisotopic (exact) mass is 434 g/mol. The third-order valence-corrected chi connectivity index (χ3v) is 6.77. The Bertz CT molecular complexity index is 1070. The molecule has 3 heterocycles. The molecule has 162 valence electrons. The zero-order valence-electron chi connectivity index (χ0n) is 18.8. The molecule has 0 aliphatic carbocycles. The van der Waals surface area contributed by atoms with Gasteiger partial charge in [0, 0.05) is 33.8 Å². The number of carbonyl (C=O) groups excluding carboxylic acids is 1. The van der Waals surface area contributed by atoms with Crippen LogP contribution >= 0.6 is 11.3 Å². The van der Waals surface area contributed by atoms with Gasteiger partial charge in [-0.25, -0.2) is 9.97 Å². The van der Waals surface area contributed by atoms with Crippen LogP contribution in [0.4, 0.5) is 5.95 Å². The second kappa shape index (κ2) is 8.17. The van der Waals surface area contributed by atoms with E-state index >= 15 is 0 Å². The maximum Gasteiger partial charge on any atom is 0.223 e. The van der Waals surface area contributed by atoms with Gasteiger partial charge in [-0.15, -0.1) is 11.3 Å². The van der Waals surface area contributed by atoms with Crippen molar-refractivity contribution in [2.45, 2.75) is 64.6 Å². The average molecular weight is 435 g/mol. The number of rotatable bonds is 5. The average Bonchev–Trinajstić information content (AvgIpc) is 3.16. The molecule has 4 rings (SSSR count). The molecule has 2 aromatic heterocycles. The van der Waals surface area contributed by atoms with Crippen molar-refractivity contribution < 1.29 is 4.79 Å². The van der Waals surface area contributed by atoms with Crippen LogP contribution in [-0.2, 0) is 0 Å². The van der Waals surface area contributed by atoms with Gasteiger partial charge >= 0.3 is 0 Å². The van der Waals surface area contributed by atoms with Gasteiger partial charge in [-0.2, -0.15) is 0 Å². The van der Waals surface area contributed by atoms with Crippen LogP contribution in [0.15, 0.2) is 48.7 Å². The normalized spacial score (nSPS) is 18.0. The van der Waals surface area contributed by atoms with Gasteiger partial charge in [-0.1, -0.05) is 24.3 Å². The zero-order valence-corrected chi connectivity index (χ0v) is 19.6. The van der Waals surface area contributed by atoms with Gasteiger partial charge in [-0.05, 0) is 71.2 Å². The largest absolute Gasteiger partial charge is 0.351 e. The SMILES string of the molecule is CC(=O)c1ccc(-c2ccc(-c3ccnc(NC4CC(C)(C)NC(C)(C)C4)n3)s2)cc1. The maximum atomic E-state index is 11.5. The van der Waals surface area contributed by atoms with E-state index in [1.54, 1.807) is 18.3 Å². The molecule has 1 aliphatic rings. The first kappa shape index (κ1) is 21.7. The first-order valence-corrected chi connectivity index (χ1v) is 11.5. The first-order valence-electron chi connectivity index (χ1n) is 10.7. The van der Waals surface area contributed by atoms with E-state index in [1.807, 2.05) is 36.5 Å². The predicted octanol–water partition coefficient (Wildman–Crippen LogP) is 5.80. The number of benzene rings is 1. The Morgan fingerprint density at radius 3 is 2.29 bits per heavy atom. The Morgan fingerprint density at radius 2 is 1.65 bits per heavy atom. The molecular formula is C25H30N4OS. The molecule has 1 saturated heterocycles. The Balaban J connectivity index is 1.52. The lowest BCUT2D eigenvalue weighted by Crippen LogP contribution is -2.60. The van der Waals surface area contributed by atoms with Crippen LogP contribution in [0.1, 0.15) is 57.8 Å². The van der Waals surface area contributed by atoms with E-state index in [-0.39, 0.29) is 16.9 Å². The van der Waals surface area contributed by atoms with Crippen molar-refractivity contribution >= 4 is 23.1 Å². The van der Waals surface area contributed by atoms with Crippen LogP contribution in [0, 0.1) is 0 Å². The molecule has 6 heteroatoms. The smallest absolute Gasteiger partial charge is 0.223 e. The Kier molecular flexibility index (Phi) is 5.71. The van der Waals surface area contributed by atoms with Crippen LogP contribution in [0.3, 0.4) is 0 Å². The van der Waals surface area contributed by atoms with E-state index in [4.69, 9.17) is 4.98 Å². The van der Waals surface area contributed by atoms with E-state index < -0.39 is 0 Å².